The van der Waals surface area contributed by atoms with Gasteiger partial charge >= 0.3 is 0 Å². The van der Waals surface area contributed by atoms with Crippen LogP contribution in [0.15, 0.2) is 14.7 Å². The van der Waals surface area contributed by atoms with Gasteiger partial charge in [-0.1, -0.05) is 0 Å². The van der Waals surface area contributed by atoms with Gasteiger partial charge in [-0.05, 0) is 41.9 Å². The van der Waals surface area contributed by atoms with Crippen LogP contribution in [-0.2, 0) is 26.4 Å². The maximum atomic E-state index is 12.4. The highest BCUT2D eigenvalue weighted by Crippen LogP contribution is 2.32. The van der Waals surface area contributed by atoms with Crippen molar-refractivity contribution in [1.82, 2.24) is 10.0 Å². The molecule has 2 rings (SSSR count). The number of halogens is 1. The Labute approximate surface area is 137 Å². The van der Waals surface area contributed by atoms with Gasteiger partial charge < -0.3 is 5.32 Å². The van der Waals surface area contributed by atoms with Gasteiger partial charge in [0.2, 0.25) is 10.0 Å². The SMILES string of the molecule is CNCc1cc(S(=O)(=O)NC2CCS(=O)(=O)CC2)c(Br)s1. The fourth-order valence-corrected chi connectivity index (χ4v) is 7.62. The van der Waals surface area contributed by atoms with Gasteiger partial charge in [-0.15, -0.1) is 11.3 Å². The number of hydrogen-bond acceptors (Lipinski definition) is 6. The summed E-state index contributed by atoms with van der Waals surface area (Å²) in [5.41, 5.74) is 0. The zero-order chi connectivity index (χ0) is 15.7. The van der Waals surface area contributed by atoms with E-state index in [2.05, 4.69) is 26.0 Å². The summed E-state index contributed by atoms with van der Waals surface area (Å²) < 4.78 is 50.7. The third-order valence-corrected chi connectivity index (χ3v) is 8.71. The predicted molar refractivity (Wildman–Crippen MR) is 86.8 cm³/mol. The van der Waals surface area contributed by atoms with Gasteiger partial charge in [-0.25, -0.2) is 21.6 Å². The average molecular weight is 417 g/mol. The molecule has 1 aliphatic heterocycles. The summed E-state index contributed by atoms with van der Waals surface area (Å²) in [7, 11) is -4.84. The van der Waals surface area contributed by atoms with Crippen LogP contribution in [0.2, 0.25) is 0 Å². The Hall–Kier alpha value is -0.000000000000000194. The summed E-state index contributed by atoms with van der Waals surface area (Å²) in [5, 5.41) is 2.97. The van der Waals surface area contributed by atoms with Crippen LogP contribution in [0.1, 0.15) is 17.7 Å². The van der Waals surface area contributed by atoms with Crippen LogP contribution in [0.5, 0.6) is 0 Å². The summed E-state index contributed by atoms with van der Waals surface area (Å²) >= 11 is 4.65. The molecular weight excluding hydrogens is 400 g/mol. The highest BCUT2D eigenvalue weighted by molar-refractivity contribution is 9.11. The molecule has 2 heterocycles. The topological polar surface area (TPSA) is 92.3 Å². The molecule has 0 atom stereocenters. The monoisotopic (exact) mass is 416 g/mol. The van der Waals surface area contributed by atoms with Crippen molar-refractivity contribution in [2.24, 2.45) is 0 Å². The van der Waals surface area contributed by atoms with Crippen molar-refractivity contribution >= 4 is 47.1 Å². The minimum absolute atomic E-state index is 0.0377. The van der Waals surface area contributed by atoms with E-state index in [9.17, 15) is 16.8 Å². The first-order valence-corrected chi connectivity index (χ1v) is 11.3. The number of rotatable bonds is 5. The largest absolute Gasteiger partial charge is 0.315 e. The van der Waals surface area contributed by atoms with E-state index in [0.29, 0.717) is 23.2 Å². The maximum absolute atomic E-state index is 12.4. The summed E-state index contributed by atoms with van der Waals surface area (Å²) in [4.78, 5) is 1.13. The van der Waals surface area contributed by atoms with Crippen LogP contribution in [0, 0.1) is 0 Å². The average Bonchev–Trinajstić information content (AvgIpc) is 2.74. The molecule has 1 aromatic rings. The molecule has 0 spiro atoms. The maximum Gasteiger partial charge on any atom is 0.242 e. The van der Waals surface area contributed by atoms with Crippen molar-refractivity contribution in [1.29, 1.82) is 0 Å². The molecule has 21 heavy (non-hydrogen) atoms. The quantitative estimate of drug-likeness (QED) is 0.748. The lowest BCUT2D eigenvalue weighted by Crippen LogP contribution is -2.40. The number of thiophene rings is 1. The first kappa shape index (κ1) is 17.4. The summed E-state index contributed by atoms with van der Waals surface area (Å²) in [6.45, 7) is 0.598. The van der Waals surface area contributed by atoms with Gasteiger partial charge in [0.1, 0.15) is 14.7 Å². The van der Waals surface area contributed by atoms with Gasteiger partial charge in [0, 0.05) is 17.5 Å². The van der Waals surface area contributed by atoms with Crippen LogP contribution < -0.4 is 10.0 Å². The van der Waals surface area contributed by atoms with E-state index in [4.69, 9.17) is 0 Å². The fourth-order valence-electron chi connectivity index (χ4n) is 2.13. The van der Waals surface area contributed by atoms with Crippen molar-refractivity contribution < 1.29 is 16.8 Å². The first-order valence-electron chi connectivity index (χ1n) is 6.39. The molecule has 120 valence electrons. The van der Waals surface area contributed by atoms with Crippen LogP contribution in [-0.4, -0.2) is 41.4 Å². The van der Waals surface area contributed by atoms with Gasteiger partial charge in [0.25, 0.3) is 0 Å². The van der Waals surface area contributed by atoms with Gasteiger partial charge in [0.05, 0.1) is 15.3 Å². The first-order chi connectivity index (χ1) is 9.73. The Morgan fingerprint density at radius 1 is 1.38 bits per heavy atom. The molecule has 2 N–H and O–H groups in total. The van der Waals surface area contributed by atoms with Gasteiger partial charge in [-0.2, -0.15) is 0 Å². The van der Waals surface area contributed by atoms with E-state index in [0.717, 1.165) is 4.88 Å². The van der Waals surface area contributed by atoms with Crippen LogP contribution in [0.3, 0.4) is 0 Å². The second kappa shape index (κ2) is 6.63. The molecule has 0 aromatic carbocycles. The van der Waals surface area contributed by atoms with Crippen molar-refractivity contribution in [3.63, 3.8) is 0 Å². The lowest BCUT2D eigenvalue weighted by molar-refractivity contribution is 0.505. The van der Waals surface area contributed by atoms with Gasteiger partial charge in [0.15, 0.2) is 0 Å². The number of sulfonamides is 1. The van der Waals surface area contributed by atoms with E-state index in [1.165, 1.54) is 11.3 Å². The van der Waals surface area contributed by atoms with Crippen molar-refractivity contribution in [3.8, 4) is 0 Å². The van der Waals surface area contributed by atoms with E-state index >= 15 is 0 Å². The van der Waals surface area contributed by atoms with Gasteiger partial charge in [-0.3, -0.25) is 0 Å². The summed E-state index contributed by atoms with van der Waals surface area (Å²) in [5.74, 6) is 0.0754. The smallest absolute Gasteiger partial charge is 0.242 e. The number of nitrogens with one attached hydrogen (secondary N) is 2. The highest BCUT2D eigenvalue weighted by atomic mass is 79.9. The molecular formula is C11H17BrN2O4S3. The molecule has 1 aliphatic rings. The lowest BCUT2D eigenvalue weighted by atomic mass is 10.2. The van der Waals surface area contributed by atoms with Crippen molar-refractivity contribution in [2.45, 2.75) is 30.3 Å². The Morgan fingerprint density at radius 3 is 2.57 bits per heavy atom. The normalized spacial score (nSPS) is 19.7. The third kappa shape index (κ3) is 4.49. The fraction of sp³-hybridized carbons (Fsp3) is 0.636. The zero-order valence-corrected chi connectivity index (χ0v) is 15.5. The Kier molecular flexibility index (Phi) is 5.48. The molecule has 0 bridgehead atoms. The molecule has 0 saturated carbocycles. The number of sulfone groups is 1. The van der Waals surface area contributed by atoms with Crippen LogP contribution in [0.25, 0.3) is 0 Å². The number of hydrogen-bond donors (Lipinski definition) is 2. The van der Waals surface area contributed by atoms with Crippen LogP contribution >= 0.6 is 27.3 Å². The highest BCUT2D eigenvalue weighted by Gasteiger charge is 2.29. The molecule has 0 amide bonds. The van der Waals surface area contributed by atoms with E-state index in [-0.39, 0.29) is 22.4 Å². The second-order valence-corrected chi connectivity index (χ2v) is 11.4. The van der Waals surface area contributed by atoms with Crippen molar-refractivity contribution in [2.75, 3.05) is 18.6 Å². The minimum Gasteiger partial charge on any atom is -0.315 e. The Bertz CT molecular complexity index is 698. The standard InChI is InChI=1S/C11H17BrN2O4S3/c1-13-7-9-6-10(11(12)19-9)21(17,18)14-8-2-4-20(15,16)5-3-8/h6,8,13-14H,2-5,7H2,1H3. The molecule has 1 saturated heterocycles. The van der Waals surface area contributed by atoms with E-state index < -0.39 is 19.9 Å². The molecule has 0 unspecified atom stereocenters. The molecule has 0 radical (unpaired) electrons. The van der Waals surface area contributed by atoms with Crippen LogP contribution in [0.4, 0.5) is 0 Å². The second-order valence-electron chi connectivity index (χ2n) is 4.93. The Morgan fingerprint density at radius 2 is 2.00 bits per heavy atom. The summed E-state index contributed by atoms with van der Waals surface area (Å²) in [6.07, 6.45) is 0.652. The molecule has 1 fully saturated rings. The lowest BCUT2D eigenvalue weighted by Gasteiger charge is -2.22. The minimum atomic E-state index is -3.63. The predicted octanol–water partition coefficient (Wildman–Crippen LogP) is 1.09. The van der Waals surface area contributed by atoms with Crippen molar-refractivity contribution in [3.05, 3.63) is 14.7 Å². The third-order valence-electron chi connectivity index (χ3n) is 3.22. The zero-order valence-electron chi connectivity index (χ0n) is 11.4. The molecule has 10 heteroatoms. The summed E-state index contributed by atoms with van der Waals surface area (Å²) in [6, 6.07) is 1.31. The Balaban J connectivity index is 2.12. The molecule has 1 aromatic heterocycles. The van der Waals surface area contributed by atoms with E-state index in [1.54, 1.807) is 13.1 Å². The molecule has 0 aliphatic carbocycles. The van der Waals surface area contributed by atoms with E-state index in [1.807, 2.05) is 0 Å². The molecule has 6 nitrogen and oxygen atoms in total.